The Morgan fingerprint density at radius 3 is 0.512 bits per heavy atom. The van der Waals surface area contributed by atoms with Gasteiger partial charge in [-0.15, -0.1) is 0 Å². The zero-order chi connectivity index (χ0) is 91.2. The highest BCUT2D eigenvalue weighted by atomic mass is 32.2. The SMILES string of the molecule is O=c1cc(N2CCOCC2)nc2c(OS(=O)(=O)C(F)(F)F)cccn12.O=c1cc(N2CCOCC2)nc2c(OS(=O)(=O)C(F)(F)F)cccn12.O=c1cc(N2CCOCC2)nc2c(OS(=O)(=O)C(F)(F)F)cccn12.O=c1cc(N2CCOCC2)nc2c(OS(=O)(=O)C(F)(F)F)cccn12.O=c1cc(N2CCOCC2)nc2c(OS(=O)(=O)C(F)(F)F)cccn12. The van der Waals surface area contributed by atoms with Gasteiger partial charge in [0.15, 0.2) is 57.0 Å². The second-order valence-corrected chi connectivity index (χ2v) is 33.2. The van der Waals surface area contributed by atoms with Crippen LogP contribution < -0.4 is 73.2 Å². The molecule has 40 nitrogen and oxygen atoms in total. The van der Waals surface area contributed by atoms with Crippen LogP contribution >= 0.6 is 0 Å². The highest BCUT2D eigenvalue weighted by molar-refractivity contribution is 7.89. The predicted molar refractivity (Wildman–Crippen MR) is 400 cm³/mol. The van der Waals surface area contributed by atoms with Crippen LogP contribution in [0.15, 0.2) is 146 Å². The number of halogens is 15. The summed E-state index contributed by atoms with van der Waals surface area (Å²) < 4.78 is 352. The molecule has 0 atom stereocenters. The molecule has 0 saturated carbocycles. The van der Waals surface area contributed by atoms with Crippen LogP contribution in [0.2, 0.25) is 0 Å². The van der Waals surface area contributed by atoms with E-state index in [9.17, 15) is 132 Å². The van der Waals surface area contributed by atoms with E-state index >= 15 is 0 Å². The van der Waals surface area contributed by atoms with E-state index in [-0.39, 0.29) is 57.3 Å². The van der Waals surface area contributed by atoms with E-state index in [0.29, 0.717) is 132 Å². The maximum atomic E-state index is 12.5. The van der Waals surface area contributed by atoms with Crippen molar-refractivity contribution in [2.24, 2.45) is 0 Å². The molecule has 0 unspecified atom stereocenters. The minimum atomic E-state index is -5.88. The number of morpholine rings is 5. The van der Waals surface area contributed by atoms with Gasteiger partial charge in [-0.05, 0) is 60.7 Å². The maximum absolute atomic E-state index is 12.5. The molecule has 5 fully saturated rings. The lowest BCUT2D eigenvalue weighted by molar-refractivity contribution is -0.0504. The molecule has 0 spiro atoms. The first-order valence-corrected chi connectivity index (χ1v) is 42.3. The maximum Gasteiger partial charge on any atom is 0.534 e. The molecule has 5 aliphatic heterocycles. The molecule has 0 aromatic carbocycles. The first-order valence-electron chi connectivity index (χ1n) is 35.2. The van der Waals surface area contributed by atoms with Crippen LogP contribution in [-0.4, -0.2) is 248 Å². The summed E-state index contributed by atoms with van der Waals surface area (Å²) in [5.41, 5.74) is -32.5. The highest BCUT2D eigenvalue weighted by Gasteiger charge is 2.53. The Labute approximate surface area is 690 Å². The average Bonchev–Trinajstić information content (AvgIpc) is 0.790. The first-order chi connectivity index (χ1) is 58.4. The molecule has 680 valence electrons. The van der Waals surface area contributed by atoms with E-state index in [2.05, 4.69) is 45.8 Å². The Hall–Kier alpha value is -11.7. The van der Waals surface area contributed by atoms with Crippen molar-refractivity contribution >= 4 is 108 Å². The largest absolute Gasteiger partial charge is 0.534 e. The second-order valence-electron chi connectivity index (χ2n) is 25.5. The zero-order valence-corrected chi connectivity index (χ0v) is 66.9. The summed E-state index contributed by atoms with van der Waals surface area (Å²) in [5, 5.41) is 0. The van der Waals surface area contributed by atoms with Crippen LogP contribution in [0.1, 0.15) is 0 Å². The number of hydrogen-bond donors (Lipinski definition) is 0. The van der Waals surface area contributed by atoms with Gasteiger partial charge in [-0.25, -0.2) is 24.9 Å². The first kappa shape index (κ1) is 94.0. The number of aromatic nitrogens is 10. The van der Waals surface area contributed by atoms with Gasteiger partial charge in [0.1, 0.15) is 29.1 Å². The van der Waals surface area contributed by atoms with Gasteiger partial charge in [0.05, 0.1) is 66.1 Å². The number of rotatable bonds is 15. The van der Waals surface area contributed by atoms with Crippen LogP contribution in [-0.2, 0) is 74.3 Å². The van der Waals surface area contributed by atoms with Crippen LogP contribution in [0.4, 0.5) is 94.9 Å². The van der Waals surface area contributed by atoms with Crippen LogP contribution in [0, 0.1) is 0 Å². The minimum absolute atomic E-state index is 0.203. The van der Waals surface area contributed by atoms with Crippen LogP contribution in [0.3, 0.4) is 0 Å². The molecular weight excluding hydrogens is 1840 g/mol. The van der Waals surface area contributed by atoms with Gasteiger partial charge in [0.25, 0.3) is 27.8 Å². The summed E-state index contributed by atoms with van der Waals surface area (Å²) in [5.74, 6) is -2.43. The number of fused-ring (bicyclic) bond motifs is 5. The average molecular weight is 1900 g/mol. The van der Waals surface area contributed by atoms with E-state index in [1.165, 1.54) is 91.6 Å². The number of ether oxygens (including phenoxy) is 5. The monoisotopic (exact) mass is 1900 g/mol. The van der Waals surface area contributed by atoms with E-state index in [1.54, 1.807) is 24.5 Å². The van der Waals surface area contributed by atoms with E-state index < -0.39 is 135 Å². The molecule has 0 bridgehead atoms. The Bertz CT molecular complexity index is 5670. The molecule has 60 heteroatoms. The van der Waals surface area contributed by atoms with Gasteiger partial charge in [0, 0.05) is 127 Å². The van der Waals surface area contributed by atoms with Gasteiger partial charge in [-0.2, -0.15) is 108 Å². The second kappa shape index (κ2) is 37.2. The van der Waals surface area contributed by atoms with Crippen molar-refractivity contribution in [3.8, 4) is 28.7 Å². The fourth-order valence-electron chi connectivity index (χ4n) is 11.4. The lowest BCUT2D eigenvalue weighted by Crippen LogP contribution is -2.37. The number of nitrogens with zero attached hydrogens (tertiary/aromatic N) is 15. The van der Waals surface area contributed by atoms with E-state index in [0.717, 1.165) is 52.3 Å². The number of hydrogen-bond acceptors (Lipinski definition) is 35. The normalized spacial score (nSPS) is 16.2. The molecule has 0 radical (unpaired) electrons. The van der Waals surface area contributed by atoms with Gasteiger partial charge in [0.2, 0.25) is 0 Å². The summed E-state index contributed by atoms with van der Waals surface area (Å²) >= 11 is 0. The van der Waals surface area contributed by atoms with E-state index in [1.807, 2.05) is 0 Å². The molecular formula is C65H60F15N15O25S5. The zero-order valence-electron chi connectivity index (χ0n) is 62.8. The molecule has 0 N–H and O–H groups in total. The molecule has 0 aliphatic carbocycles. The summed E-state index contributed by atoms with van der Waals surface area (Å²) in [6.45, 7) is 8.41. The van der Waals surface area contributed by atoms with E-state index in [4.69, 9.17) is 23.7 Å². The van der Waals surface area contributed by atoms with Crippen molar-refractivity contribution in [1.29, 1.82) is 0 Å². The molecule has 5 aliphatic rings. The fraction of sp³-hybridized carbons (Fsp3) is 0.385. The molecule has 15 heterocycles. The molecule has 125 heavy (non-hydrogen) atoms. The van der Waals surface area contributed by atoms with Gasteiger partial charge < -0.3 is 69.1 Å². The quantitative estimate of drug-likeness (QED) is 0.0800. The van der Waals surface area contributed by atoms with Gasteiger partial charge in [-0.3, -0.25) is 46.0 Å². The van der Waals surface area contributed by atoms with Crippen molar-refractivity contribution in [2.45, 2.75) is 27.5 Å². The number of alkyl halides is 15. The third kappa shape index (κ3) is 22.2. The lowest BCUT2D eigenvalue weighted by atomic mass is 10.3. The van der Waals surface area contributed by atoms with Crippen molar-refractivity contribution in [2.75, 3.05) is 156 Å². The number of anilines is 5. The Balaban J connectivity index is 0.000000152. The Morgan fingerprint density at radius 1 is 0.248 bits per heavy atom. The standard InChI is InChI=1S/5C13H12F3N3O5S/c5*14-13(15,16)25(21,22)24-9-2-1-3-19-11(20)8-10(17-12(9)19)18-4-6-23-7-5-18/h5*1-3,8H,4-7H2. The summed E-state index contributed by atoms with van der Waals surface area (Å²) in [6, 6.07) is 16.9. The summed E-state index contributed by atoms with van der Waals surface area (Å²) in [4.78, 5) is 90.0. The third-order valence-electron chi connectivity index (χ3n) is 17.3. The smallest absolute Gasteiger partial charge is 0.378 e. The molecule has 5 saturated heterocycles. The molecule has 15 rings (SSSR count). The lowest BCUT2D eigenvalue weighted by Gasteiger charge is -2.27. The highest BCUT2D eigenvalue weighted by Crippen LogP contribution is 2.36. The summed E-state index contributed by atoms with van der Waals surface area (Å²) in [6.07, 6.45) is 6.25. The van der Waals surface area contributed by atoms with Crippen molar-refractivity contribution < 1.29 is 153 Å². The van der Waals surface area contributed by atoms with Crippen molar-refractivity contribution in [1.82, 2.24) is 46.9 Å². The molecule has 10 aromatic rings. The van der Waals surface area contributed by atoms with Crippen molar-refractivity contribution in [3.05, 3.63) is 174 Å². The minimum Gasteiger partial charge on any atom is -0.378 e. The number of pyridine rings is 5. The molecule has 0 amide bonds. The topological polar surface area (TPSA) is 451 Å². The van der Waals surface area contributed by atoms with Crippen molar-refractivity contribution in [3.63, 3.8) is 0 Å². The predicted octanol–water partition coefficient (Wildman–Crippen LogP) is 3.80. The Morgan fingerprint density at radius 2 is 0.384 bits per heavy atom. The third-order valence-corrected chi connectivity index (χ3v) is 22.1. The fourth-order valence-corrected chi connectivity index (χ4v) is 13.7. The Kier molecular flexibility index (Phi) is 28.0. The van der Waals surface area contributed by atoms with Gasteiger partial charge in [-0.1, -0.05) is 0 Å². The van der Waals surface area contributed by atoms with Crippen LogP contribution in [0.25, 0.3) is 28.2 Å². The van der Waals surface area contributed by atoms with Crippen LogP contribution in [0.5, 0.6) is 28.7 Å². The van der Waals surface area contributed by atoms with Gasteiger partial charge >= 0.3 is 78.1 Å². The summed E-state index contributed by atoms with van der Waals surface area (Å²) in [7, 11) is -29.4. The molecule has 10 aromatic heterocycles.